The molecule has 1 saturated heterocycles. The first kappa shape index (κ1) is 15.6. The predicted octanol–water partition coefficient (Wildman–Crippen LogP) is 1.79. The van der Waals surface area contributed by atoms with Crippen molar-refractivity contribution in [3.63, 3.8) is 0 Å². The molecule has 0 bridgehead atoms. The van der Waals surface area contributed by atoms with Gasteiger partial charge in [-0.1, -0.05) is 12.1 Å². The van der Waals surface area contributed by atoms with Gasteiger partial charge < -0.3 is 20.3 Å². The summed E-state index contributed by atoms with van der Waals surface area (Å²) in [5, 5.41) is 3.09. The molecule has 0 aliphatic carbocycles. The number of aromatic nitrogens is 1. The van der Waals surface area contributed by atoms with Gasteiger partial charge in [-0.25, -0.2) is 9.98 Å². The molecule has 0 saturated carbocycles. The molecule has 0 unspecified atom stereocenters. The monoisotopic (exact) mass is 331 g/mol. The number of rotatable bonds is 4. The second kappa shape index (κ2) is 7.32. The van der Waals surface area contributed by atoms with Crippen LogP contribution < -0.4 is 15.4 Å². The standard InChI is InChI=1S/C16H21N5OS/c1-22-14-4-2-3-13(11-14)12-19-15(17)20-6-8-21(9-7-20)16-18-5-10-23-16/h2-5,10-11H,6-9,12H2,1H3,(H2,17,19). The van der Waals surface area contributed by atoms with Crippen molar-refractivity contribution in [1.29, 1.82) is 0 Å². The van der Waals surface area contributed by atoms with Crippen LogP contribution in [-0.4, -0.2) is 49.1 Å². The lowest BCUT2D eigenvalue weighted by Gasteiger charge is -2.35. The molecule has 0 amide bonds. The van der Waals surface area contributed by atoms with E-state index in [0.29, 0.717) is 12.5 Å². The average Bonchev–Trinajstić information content (AvgIpc) is 3.14. The van der Waals surface area contributed by atoms with Crippen molar-refractivity contribution in [2.24, 2.45) is 10.7 Å². The lowest BCUT2D eigenvalue weighted by Crippen LogP contribution is -2.51. The molecular weight excluding hydrogens is 310 g/mol. The van der Waals surface area contributed by atoms with Crippen molar-refractivity contribution in [1.82, 2.24) is 9.88 Å². The highest BCUT2D eigenvalue weighted by molar-refractivity contribution is 7.13. The highest BCUT2D eigenvalue weighted by Crippen LogP contribution is 2.19. The van der Waals surface area contributed by atoms with Gasteiger partial charge in [0.15, 0.2) is 11.1 Å². The van der Waals surface area contributed by atoms with E-state index < -0.39 is 0 Å². The minimum absolute atomic E-state index is 0.565. The summed E-state index contributed by atoms with van der Waals surface area (Å²) in [4.78, 5) is 13.3. The van der Waals surface area contributed by atoms with Gasteiger partial charge in [-0.05, 0) is 17.7 Å². The Morgan fingerprint density at radius 2 is 2.17 bits per heavy atom. The minimum atomic E-state index is 0.565. The Kier molecular flexibility index (Phi) is 4.97. The molecule has 3 rings (SSSR count). The molecule has 0 spiro atoms. The van der Waals surface area contributed by atoms with Gasteiger partial charge in [0.2, 0.25) is 0 Å². The molecule has 1 aliphatic rings. The van der Waals surface area contributed by atoms with Gasteiger partial charge in [-0.2, -0.15) is 0 Å². The second-order valence-electron chi connectivity index (χ2n) is 5.31. The number of nitrogens with two attached hydrogens (primary N) is 1. The number of anilines is 1. The number of piperazine rings is 1. The fraction of sp³-hybridized carbons (Fsp3) is 0.375. The summed E-state index contributed by atoms with van der Waals surface area (Å²) < 4.78 is 5.22. The van der Waals surface area contributed by atoms with Crippen molar-refractivity contribution in [3.8, 4) is 5.75 Å². The number of guanidine groups is 1. The first-order valence-corrected chi connectivity index (χ1v) is 8.46. The zero-order chi connectivity index (χ0) is 16.1. The van der Waals surface area contributed by atoms with Crippen molar-refractivity contribution >= 4 is 22.4 Å². The summed E-state index contributed by atoms with van der Waals surface area (Å²) >= 11 is 1.67. The lowest BCUT2D eigenvalue weighted by atomic mass is 10.2. The molecule has 0 radical (unpaired) electrons. The van der Waals surface area contributed by atoms with Crippen LogP contribution in [0, 0.1) is 0 Å². The molecule has 1 aliphatic heterocycles. The molecule has 2 N–H and O–H groups in total. The Morgan fingerprint density at radius 1 is 1.35 bits per heavy atom. The zero-order valence-corrected chi connectivity index (χ0v) is 14.0. The first-order chi connectivity index (χ1) is 11.3. The number of methoxy groups -OCH3 is 1. The third kappa shape index (κ3) is 3.92. The maximum absolute atomic E-state index is 6.14. The fourth-order valence-corrected chi connectivity index (χ4v) is 3.24. The largest absolute Gasteiger partial charge is 0.497 e. The van der Waals surface area contributed by atoms with E-state index in [1.807, 2.05) is 35.8 Å². The van der Waals surface area contributed by atoms with Gasteiger partial charge in [-0.3, -0.25) is 0 Å². The van der Waals surface area contributed by atoms with Gasteiger partial charge in [0.25, 0.3) is 0 Å². The Balaban J connectivity index is 1.55. The van der Waals surface area contributed by atoms with E-state index in [1.54, 1.807) is 18.4 Å². The topological polar surface area (TPSA) is 67.0 Å². The van der Waals surface area contributed by atoms with E-state index in [-0.39, 0.29) is 0 Å². The van der Waals surface area contributed by atoms with E-state index in [1.165, 1.54) is 0 Å². The number of ether oxygens (including phenoxy) is 1. The zero-order valence-electron chi connectivity index (χ0n) is 13.2. The molecule has 2 aromatic rings. The molecule has 1 aromatic carbocycles. The normalized spacial score (nSPS) is 15.8. The minimum Gasteiger partial charge on any atom is -0.497 e. The summed E-state index contributed by atoms with van der Waals surface area (Å²) in [5.74, 6) is 1.44. The molecule has 2 heterocycles. The van der Waals surface area contributed by atoms with Gasteiger partial charge in [0.1, 0.15) is 5.75 Å². The number of hydrogen-bond donors (Lipinski definition) is 1. The molecular formula is C16H21N5OS. The highest BCUT2D eigenvalue weighted by atomic mass is 32.1. The summed E-state index contributed by atoms with van der Waals surface area (Å²) in [6.07, 6.45) is 1.84. The van der Waals surface area contributed by atoms with E-state index >= 15 is 0 Å². The van der Waals surface area contributed by atoms with Gasteiger partial charge >= 0.3 is 0 Å². The number of nitrogens with zero attached hydrogens (tertiary/aromatic N) is 4. The van der Waals surface area contributed by atoms with E-state index in [2.05, 4.69) is 19.8 Å². The Morgan fingerprint density at radius 3 is 2.87 bits per heavy atom. The van der Waals surface area contributed by atoms with Crippen LogP contribution in [0.15, 0.2) is 40.8 Å². The van der Waals surface area contributed by atoms with Crippen LogP contribution in [0.5, 0.6) is 5.75 Å². The number of aliphatic imine (C=N–C) groups is 1. The summed E-state index contributed by atoms with van der Waals surface area (Å²) in [7, 11) is 1.67. The van der Waals surface area contributed by atoms with Crippen LogP contribution in [0.3, 0.4) is 0 Å². The maximum Gasteiger partial charge on any atom is 0.191 e. The van der Waals surface area contributed by atoms with Crippen LogP contribution in [0.2, 0.25) is 0 Å². The van der Waals surface area contributed by atoms with Crippen molar-refractivity contribution in [2.45, 2.75) is 6.54 Å². The summed E-state index contributed by atoms with van der Waals surface area (Å²) in [6.45, 7) is 4.14. The highest BCUT2D eigenvalue weighted by Gasteiger charge is 2.19. The molecule has 0 atom stereocenters. The molecule has 1 aromatic heterocycles. The van der Waals surface area contributed by atoms with Crippen LogP contribution >= 0.6 is 11.3 Å². The van der Waals surface area contributed by atoms with E-state index in [0.717, 1.165) is 42.6 Å². The van der Waals surface area contributed by atoms with Crippen molar-refractivity contribution < 1.29 is 4.74 Å². The Bertz CT molecular complexity index is 650. The van der Waals surface area contributed by atoms with Crippen molar-refractivity contribution in [2.75, 3.05) is 38.2 Å². The lowest BCUT2D eigenvalue weighted by molar-refractivity contribution is 0.380. The molecule has 1 fully saturated rings. The third-order valence-corrected chi connectivity index (χ3v) is 4.68. The average molecular weight is 331 g/mol. The molecule has 7 heteroatoms. The fourth-order valence-electron chi connectivity index (χ4n) is 2.54. The second-order valence-corrected chi connectivity index (χ2v) is 6.19. The predicted molar refractivity (Wildman–Crippen MR) is 94.2 cm³/mol. The van der Waals surface area contributed by atoms with Crippen molar-refractivity contribution in [3.05, 3.63) is 41.4 Å². The van der Waals surface area contributed by atoms with Crippen LogP contribution in [0.4, 0.5) is 5.13 Å². The quantitative estimate of drug-likeness (QED) is 0.683. The number of benzene rings is 1. The number of thiazole rings is 1. The molecule has 122 valence electrons. The summed E-state index contributed by atoms with van der Waals surface area (Å²) in [5.41, 5.74) is 7.24. The third-order valence-electron chi connectivity index (χ3n) is 3.85. The van der Waals surface area contributed by atoms with E-state index in [4.69, 9.17) is 10.5 Å². The smallest absolute Gasteiger partial charge is 0.191 e. The first-order valence-electron chi connectivity index (χ1n) is 7.58. The maximum atomic E-state index is 6.14. The van der Waals surface area contributed by atoms with Gasteiger partial charge in [-0.15, -0.1) is 11.3 Å². The number of hydrogen-bond acceptors (Lipinski definition) is 5. The van der Waals surface area contributed by atoms with E-state index in [9.17, 15) is 0 Å². The Labute approximate surface area is 140 Å². The molecule has 23 heavy (non-hydrogen) atoms. The van der Waals surface area contributed by atoms with Gasteiger partial charge in [0, 0.05) is 37.8 Å². The van der Waals surface area contributed by atoms with Crippen LogP contribution in [-0.2, 0) is 6.54 Å². The summed E-state index contributed by atoms with van der Waals surface area (Å²) in [6, 6.07) is 7.90. The van der Waals surface area contributed by atoms with Crippen LogP contribution in [0.1, 0.15) is 5.56 Å². The Hall–Kier alpha value is -2.28. The SMILES string of the molecule is COc1cccc(CN=C(N)N2CCN(c3nccs3)CC2)c1. The molecule has 6 nitrogen and oxygen atoms in total. The van der Waals surface area contributed by atoms with Gasteiger partial charge in [0.05, 0.1) is 13.7 Å². The van der Waals surface area contributed by atoms with Crippen LogP contribution in [0.25, 0.3) is 0 Å².